The van der Waals surface area contributed by atoms with E-state index in [9.17, 15) is 5.11 Å². The fourth-order valence-electron chi connectivity index (χ4n) is 1.70. The SMILES string of the molecule is Cc1ccc(CCC2(N)CC2)c(O)c1Br. The summed E-state index contributed by atoms with van der Waals surface area (Å²) in [6.07, 6.45) is 4.08. The van der Waals surface area contributed by atoms with Crippen molar-refractivity contribution in [1.82, 2.24) is 0 Å². The first-order chi connectivity index (χ1) is 7.02. The monoisotopic (exact) mass is 269 g/mol. The quantitative estimate of drug-likeness (QED) is 0.887. The third-order valence-electron chi connectivity index (χ3n) is 3.18. The lowest BCUT2D eigenvalue weighted by atomic mass is 10.0. The molecule has 0 atom stereocenters. The van der Waals surface area contributed by atoms with E-state index in [4.69, 9.17) is 5.73 Å². The normalized spacial score (nSPS) is 17.8. The van der Waals surface area contributed by atoms with Crippen LogP contribution in [-0.4, -0.2) is 10.6 Å². The van der Waals surface area contributed by atoms with Crippen molar-refractivity contribution >= 4 is 15.9 Å². The predicted octanol–water partition coefficient (Wildman–Crippen LogP) is 2.89. The summed E-state index contributed by atoms with van der Waals surface area (Å²) in [6, 6.07) is 4.01. The van der Waals surface area contributed by atoms with Crippen molar-refractivity contribution in [2.24, 2.45) is 5.73 Å². The van der Waals surface area contributed by atoms with Gasteiger partial charge in [0.05, 0.1) is 4.47 Å². The number of hydrogen-bond acceptors (Lipinski definition) is 2. The molecular weight excluding hydrogens is 254 g/mol. The summed E-state index contributed by atoms with van der Waals surface area (Å²) >= 11 is 3.38. The molecule has 0 amide bonds. The van der Waals surface area contributed by atoms with Gasteiger partial charge in [-0.3, -0.25) is 0 Å². The molecule has 82 valence electrons. The maximum Gasteiger partial charge on any atom is 0.133 e. The van der Waals surface area contributed by atoms with E-state index >= 15 is 0 Å². The molecule has 0 saturated heterocycles. The van der Waals surface area contributed by atoms with Crippen LogP contribution in [0, 0.1) is 6.92 Å². The highest BCUT2D eigenvalue weighted by molar-refractivity contribution is 9.10. The lowest BCUT2D eigenvalue weighted by Gasteiger charge is -2.11. The Labute approximate surface area is 98.6 Å². The number of benzene rings is 1. The van der Waals surface area contributed by atoms with Crippen LogP contribution in [0.5, 0.6) is 5.75 Å². The van der Waals surface area contributed by atoms with Crippen molar-refractivity contribution in [2.75, 3.05) is 0 Å². The molecule has 1 saturated carbocycles. The molecular formula is C12H16BrNO. The molecule has 0 aliphatic heterocycles. The second kappa shape index (κ2) is 3.80. The molecule has 1 aliphatic carbocycles. The Hall–Kier alpha value is -0.540. The molecule has 2 nitrogen and oxygen atoms in total. The Bertz CT molecular complexity index is 385. The lowest BCUT2D eigenvalue weighted by molar-refractivity contribution is 0.460. The Morgan fingerprint density at radius 3 is 2.73 bits per heavy atom. The molecule has 1 aliphatic rings. The number of phenols is 1. The highest BCUT2D eigenvalue weighted by Crippen LogP contribution is 2.38. The molecule has 1 fully saturated rings. The van der Waals surface area contributed by atoms with Gasteiger partial charge in [-0.25, -0.2) is 0 Å². The van der Waals surface area contributed by atoms with Crippen molar-refractivity contribution in [3.05, 3.63) is 27.7 Å². The maximum absolute atomic E-state index is 9.91. The Morgan fingerprint density at radius 2 is 2.13 bits per heavy atom. The first-order valence-electron chi connectivity index (χ1n) is 5.28. The van der Waals surface area contributed by atoms with Crippen LogP contribution >= 0.6 is 15.9 Å². The van der Waals surface area contributed by atoms with Gasteiger partial charge in [0.15, 0.2) is 0 Å². The predicted molar refractivity (Wildman–Crippen MR) is 65.0 cm³/mol. The first-order valence-corrected chi connectivity index (χ1v) is 6.07. The van der Waals surface area contributed by atoms with E-state index in [2.05, 4.69) is 15.9 Å². The maximum atomic E-state index is 9.91. The van der Waals surface area contributed by atoms with Gasteiger partial charge in [0.1, 0.15) is 5.75 Å². The summed E-state index contributed by atoms with van der Waals surface area (Å²) < 4.78 is 0.807. The number of nitrogens with two attached hydrogens (primary N) is 1. The van der Waals surface area contributed by atoms with Gasteiger partial charge in [-0.1, -0.05) is 12.1 Å². The minimum absolute atomic E-state index is 0.0593. The number of hydrogen-bond donors (Lipinski definition) is 2. The summed E-state index contributed by atoms with van der Waals surface area (Å²) in [6.45, 7) is 1.97. The highest BCUT2D eigenvalue weighted by Gasteiger charge is 2.37. The molecule has 0 heterocycles. The lowest BCUT2D eigenvalue weighted by Crippen LogP contribution is -2.22. The largest absolute Gasteiger partial charge is 0.506 e. The van der Waals surface area contributed by atoms with Crippen molar-refractivity contribution in [2.45, 2.75) is 38.1 Å². The molecule has 0 radical (unpaired) electrons. The minimum atomic E-state index is 0.0593. The van der Waals surface area contributed by atoms with Crippen LogP contribution in [0.15, 0.2) is 16.6 Å². The van der Waals surface area contributed by atoms with Crippen LogP contribution in [0.1, 0.15) is 30.4 Å². The Kier molecular flexibility index (Phi) is 2.77. The van der Waals surface area contributed by atoms with E-state index in [0.717, 1.165) is 41.3 Å². The second-order valence-corrected chi connectivity index (χ2v) is 5.36. The first kappa shape index (κ1) is 11.0. The van der Waals surface area contributed by atoms with Crippen LogP contribution in [0.2, 0.25) is 0 Å². The second-order valence-electron chi connectivity index (χ2n) is 4.57. The Morgan fingerprint density at radius 1 is 1.47 bits per heavy atom. The third-order valence-corrected chi connectivity index (χ3v) is 4.18. The third kappa shape index (κ3) is 2.34. The summed E-state index contributed by atoms with van der Waals surface area (Å²) in [5, 5.41) is 9.91. The van der Waals surface area contributed by atoms with Crippen molar-refractivity contribution < 1.29 is 5.11 Å². The van der Waals surface area contributed by atoms with Gasteiger partial charge in [0, 0.05) is 5.54 Å². The summed E-state index contributed by atoms with van der Waals surface area (Å²) in [5.74, 6) is 0.374. The molecule has 1 aromatic carbocycles. The van der Waals surface area contributed by atoms with E-state index in [1.165, 1.54) is 0 Å². The van der Waals surface area contributed by atoms with Gasteiger partial charge < -0.3 is 10.8 Å². The average Bonchev–Trinajstić information content (AvgIpc) is 2.93. The topological polar surface area (TPSA) is 46.2 Å². The van der Waals surface area contributed by atoms with E-state index in [-0.39, 0.29) is 5.54 Å². The molecule has 0 bridgehead atoms. The smallest absolute Gasteiger partial charge is 0.133 e. The van der Waals surface area contributed by atoms with Crippen LogP contribution in [-0.2, 0) is 6.42 Å². The summed E-state index contributed by atoms with van der Waals surface area (Å²) in [4.78, 5) is 0. The van der Waals surface area contributed by atoms with Gasteiger partial charge in [-0.15, -0.1) is 0 Å². The standard InChI is InChI=1S/C12H16BrNO/c1-8-2-3-9(11(15)10(8)13)4-5-12(14)6-7-12/h2-3,15H,4-7,14H2,1H3. The molecule has 3 heteroatoms. The summed E-state index contributed by atoms with van der Waals surface area (Å²) in [5.41, 5.74) is 8.13. The van der Waals surface area contributed by atoms with E-state index in [1.54, 1.807) is 0 Å². The molecule has 15 heavy (non-hydrogen) atoms. The van der Waals surface area contributed by atoms with Crippen LogP contribution in [0.3, 0.4) is 0 Å². The fourth-order valence-corrected chi connectivity index (χ4v) is 2.09. The minimum Gasteiger partial charge on any atom is -0.506 e. The molecule has 0 spiro atoms. The van der Waals surface area contributed by atoms with E-state index in [1.807, 2.05) is 19.1 Å². The zero-order valence-electron chi connectivity index (χ0n) is 8.89. The van der Waals surface area contributed by atoms with Crippen molar-refractivity contribution in [3.63, 3.8) is 0 Å². The molecule has 0 aromatic heterocycles. The van der Waals surface area contributed by atoms with Crippen LogP contribution in [0.4, 0.5) is 0 Å². The zero-order valence-corrected chi connectivity index (χ0v) is 10.5. The van der Waals surface area contributed by atoms with Gasteiger partial charge in [0.25, 0.3) is 0 Å². The molecule has 2 rings (SSSR count). The Balaban J connectivity index is 2.11. The van der Waals surface area contributed by atoms with Gasteiger partial charge in [0.2, 0.25) is 0 Å². The fraction of sp³-hybridized carbons (Fsp3) is 0.500. The molecule has 3 N–H and O–H groups in total. The highest BCUT2D eigenvalue weighted by atomic mass is 79.9. The van der Waals surface area contributed by atoms with Gasteiger partial charge in [-0.05, 0) is 59.7 Å². The van der Waals surface area contributed by atoms with E-state index < -0.39 is 0 Å². The number of halogens is 1. The van der Waals surface area contributed by atoms with Crippen LogP contribution < -0.4 is 5.73 Å². The number of rotatable bonds is 3. The number of aryl methyl sites for hydroxylation is 2. The zero-order chi connectivity index (χ0) is 11.1. The average molecular weight is 270 g/mol. The van der Waals surface area contributed by atoms with Crippen molar-refractivity contribution in [3.8, 4) is 5.75 Å². The van der Waals surface area contributed by atoms with Crippen molar-refractivity contribution in [1.29, 1.82) is 0 Å². The van der Waals surface area contributed by atoms with Crippen LogP contribution in [0.25, 0.3) is 0 Å². The number of phenolic OH excluding ortho intramolecular Hbond substituents is 1. The van der Waals surface area contributed by atoms with Gasteiger partial charge in [-0.2, -0.15) is 0 Å². The number of aromatic hydroxyl groups is 1. The summed E-state index contributed by atoms with van der Waals surface area (Å²) in [7, 11) is 0. The van der Waals surface area contributed by atoms with E-state index in [0.29, 0.717) is 5.75 Å². The van der Waals surface area contributed by atoms with Gasteiger partial charge >= 0.3 is 0 Å². The molecule has 0 unspecified atom stereocenters. The molecule has 1 aromatic rings.